The van der Waals surface area contributed by atoms with Crippen LogP contribution in [0.4, 0.5) is 0 Å². The molecule has 0 saturated heterocycles. The first-order valence-electron chi connectivity index (χ1n) is 8.58. The molecule has 0 atom stereocenters. The van der Waals surface area contributed by atoms with E-state index in [2.05, 4.69) is 10.3 Å². The summed E-state index contributed by atoms with van der Waals surface area (Å²) in [5.74, 6) is 1.44. The molecule has 0 aliphatic heterocycles. The molecule has 0 radical (unpaired) electrons. The second-order valence-corrected chi connectivity index (χ2v) is 6.06. The summed E-state index contributed by atoms with van der Waals surface area (Å²) in [6, 6.07) is 17.1. The number of hydrogen-bond acceptors (Lipinski definition) is 5. The molecule has 6 heteroatoms. The Morgan fingerprint density at radius 3 is 2.70 bits per heavy atom. The van der Waals surface area contributed by atoms with Crippen LogP contribution in [0, 0.1) is 6.92 Å². The molecule has 4 aromatic rings. The highest BCUT2D eigenvalue weighted by Crippen LogP contribution is 2.24. The third kappa shape index (κ3) is 3.69. The molecule has 0 spiro atoms. The Morgan fingerprint density at radius 2 is 1.89 bits per heavy atom. The maximum atomic E-state index is 12.3. The van der Waals surface area contributed by atoms with Crippen LogP contribution in [0.1, 0.15) is 27.7 Å². The molecule has 0 bridgehead atoms. The van der Waals surface area contributed by atoms with E-state index in [1.807, 2.05) is 61.5 Å². The second-order valence-electron chi connectivity index (χ2n) is 6.06. The van der Waals surface area contributed by atoms with Gasteiger partial charge in [0.25, 0.3) is 5.91 Å². The van der Waals surface area contributed by atoms with E-state index in [1.165, 1.54) is 6.26 Å². The summed E-state index contributed by atoms with van der Waals surface area (Å²) >= 11 is 0. The zero-order valence-electron chi connectivity index (χ0n) is 14.8. The molecule has 1 amide bonds. The number of rotatable bonds is 6. The highest BCUT2D eigenvalue weighted by molar-refractivity contribution is 5.92. The zero-order valence-corrected chi connectivity index (χ0v) is 14.8. The standard InChI is InChI=1S/C21H18N2O4/c1-14-16-9-5-6-10-18(16)27-19(14)11-22-21(24)17-12-26-20(23-17)13-25-15-7-3-2-4-8-15/h2-10,12H,11,13H2,1H3,(H,22,24). The summed E-state index contributed by atoms with van der Waals surface area (Å²) in [5, 5.41) is 3.85. The van der Waals surface area contributed by atoms with Gasteiger partial charge in [-0.05, 0) is 25.1 Å². The van der Waals surface area contributed by atoms with Crippen LogP contribution in [0.3, 0.4) is 0 Å². The molecule has 2 aromatic carbocycles. The number of amides is 1. The molecule has 2 heterocycles. The van der Waals surface area contributed by atoms with Gasteiger partial charge in [0.15, 0.2) is 12.3 Å². The van der Waals surface area contributed by atoms with Crippen LogP contribution in [0.25, 0.3) is 11.0 Å². The Morgan fingerprint density at radius 1 is 1.11 bits per heavy atom. The fourth-order valence-electron chi connectivity index (χ4n) is 2.79. The second kappa shape index (κ2) is 7.37. The minimum atomic E-state index is -0.329. The van der Waals surface area contributed by atoms with Gasteiger partial charge in [-0.3, -0.25) is 4.79 Å². The SMILES string of the molecule is Cc1c(CNC(=O)c2coc(COc3ccccc3)n2)oc2ccccc12. The van der Waals surface area contributed by atoms with Crippen LogP contribution in [0.2, 0.25) is 0 Å². The van der Waals surface area contributed by atoms with E-state index < -0.39 is 0 Å². The number of oxazole rings is 1. The van der Waals surface area contributed by atoms with Gasteiger partial charge in [-0.1, -0.05) is 36.4 Å². The van der Waals surface area contributed by atoms with Crippen molar-refractivity contribution in [2.75, 3.05) is 0 Å². The molecule has 1 N–H and O–H groups in total. The number of carbonyl (C=O) groups is 1. The summed E-state index contributed by atoms with van der Waals surface area (Å²) in [4.78, 5) is 16.5. The highest BCUT2D eigenvalue weighted by atomic mass is 16.5. The molecule has 6 nitrogen and oxygen atoms in total. The molecule has 0 saturated carbocycles. The van der Waals surface area contributed by atoms with Crippen LogP contribution in [0.5, 0.6) is 5.75 Å². The van der Waals surface area contributed by atoms with Crippen molar-refractivity contribution in [1.82, 2.24) is 10.3 Å². The maximum absolute atomic E-state index is 12.3. The number of carbonyl (C=O) groups excluding carboxylic acids is 1. The maximum Gasteiger partial charge on any atom is 0.273 e. The number of benzene rings is 2. The van der Waals surface area contributed by atoms with Crippen LogP contribution >= 0.6 is 0 Å². The van der Waals surface area contributed by atoms with Gasteiger partial charge in [0.1, 0.15) is 23.4 Å². The molecule has 0 aliphatic rings. The first kappa shape index (κ1) is 16.9. The highest BCUT2D eigenvalue weighted by Gasteiger charge is 2.15. The molecular weight excluding hydrogens is 344 g/mol. The lowest BCUT2D eigenvalue weighted by Crippen LogP contribution is -2.23. The van der Waals surface area contributed by atoms with Crippen LogP contribution in [0.15, 0.2) is 69.7 Å². The fraction of sp³-hybridized carbons (Fsp3) is 0.143. The van der Waals surface area contributed by atoms with Gasteiger partial charge >= 0.3 is 0 Å². The predicted molar refractivity (Wildman–Crippen MR) is 99.4 cm³/mol. The van der Waals surface area contributed by atoms with E-state index in [0.29, 0.717) is 11.6 Å². The third-order valence-electron chi connectivity index (χ3n) is 4.24. The Labute approximate surface area is 155 Å². The monoisotopic (exact) mass is 362 g/mol. The van der Waals surface area contributed by atoms with Crippen molar-refractivity contribution >= 4 is 16.9 Å². The number of para-hydroxylation sites is 2. The molecule has 4 rings (SSSR count). The van der Waals surface area contributed by atoms with E-state index in [4.69, 9.17) is 13.6 Å². The number of nitrogens with one attached hydrogen (secondary N) is 1. The summed E-state index contributed by atoms with van der Waals surface area (Å²) in [7, 11) is 0. The fourth-order valence-corrected chi connectivity index (χ4v) is 2.79. The van der Waals surface area contributed by atoms with Gasteiger partial charge in [0, 0.05) is 10.9 Å². The lowest BCUT2D eigenvalue weighted by atomic mass is 10.1. The molecule has 0 fully saturated rings. The number of hydrogen-bond donors (Lipinski definition) is 1. The lowest BCUT2D eigenvalue weighted by Gasteiger charge is -2.02. The first-order chi connectivity index (χ1) is 13.2. The van der Waals surface area contributed by atoms with Gasteiger partial charge in [-0.15, -0.1) is 0 Å². The Balaban J connectivity index is 1.37. The molecule has 27 heavy (non-hydrogen) atoms. The van der Waals surface area contributed by atoms with Crippen LogP contribution < -0.4 is 10.1 Å². The van der Waals surface area contributed by atoms with E-state index >= 15 is 0 Å². The van der Waals surface area contributed by atoms with Crippen LogP contribution in [-0.4, -0.2) is 10.9 Å². The molecule has 2 aromatic heterocycles. The number of aryl methyl sites for hydroxylation is 1. The van der Waals surface area contributed by atoms with Crippen molar-refractivity contribution in [1.29, 1.82) is 0 Å². The molecule has 0 unspecified atom stereocenters. The van der Waals surface area contributed by atoms with Crippen molar-refractivity contribution in [3.8, 4) is 5.75 Å². The average Bonchev–Trinajstić information content (AvgIpc) is 3.31. The Hall–Kier alpha value is -3.54. The number of nitrogens with zero attached hydrogens (tertiary/aromatic N) is 1. The number of aromatic nitrogens is 1. The van der Waals surface area contributed by atoms with E-state index in [-0.39, 0.29) is 24.8 Å². The summed E-state index contributed by atoms with van der Waals surface area (Å²) in [5.41, 5.74) is 2.03. The van der Waals surface area contributed by atoms with Gasteiger partial charge in [0.2, 0.25) is 5.89 Å². The minimum Gasteiger partial charge on any atom is -0.484 e. The molecule has 0 aliphatic carbocycles. The van der Waals surface area contributed by atoms with Crippen molar-refractivity contribution in [3.05, 3.63) is 83.8 Å². The van der Waals surface area contributed by atoms with E-state index in [9.17, 15) is 4.79 Å². The van der Waals surface area contributed by atoms with E-state index in [1.54, 1.807) is 0 Å². The normalized spacial score (nSPS) is 10.9. The summed E-state index contributed by atoms with van der Waals surface area (Å²) < 4.78 is 16.7. The van der Waals surface area contributed by atoms with Gasteiger partial charge in [-0.2, -0.15) is 0 Å². The number of ether oxygens (including phenoxy) is 1. The number of furan rings is 1. The predicted octanol–water partition coefficient (Wildman–Crippen LogP) is 4.24. The largest absolute Gasteiger partial charge is 0.484 e. The van der Waals surface area contributed by atoms with Crippen molar-refractivity contribution in [2.45, 2.75) is 20.1 Å². The van der Waals surface area contributed by atoms with Gasteiger partial charge in [-0.25, -0.2) is 4.98 Å². The summed E-state index contributed by atoms with van der Waals surface area (Å²) in [6.45, 7) is 2.41. The van der Waals surface area contributed by atoms with Gasteiger partial charge in [0.05, 0.1) is 6.54 Å². The Kier molecular flexibility index (Phi) is 4.61. The third-order valence-corrected chi connectivity index (χ3v) is 4.24. The first-order valence-corrected chi connectivity index (χ1v) is 8.58. The lowest BCUT2D eigenvalue weighted by molar-refractivity contribution is 0.0943. The van der Waals surface area contributed by atoms with Crippen molar-refractivity contribution in [2.24, 2.45) is 0 Å². The van der Waals surface area contributed by atoms with Crippen LogP contribution in [-0.2, 0) is 13.2 Å². The minimum absolute atomic E-state index is 0.153. The summed E-state index contributed by atoms with van der Waals surface area (Å²) in [6.07, 6.45) is 1.32. The van der Waals surface area contributed by atoms with E-state index in [0.717, 1.165) is 22.3 Å². The zero-order chi connectivity index (χ0) is 18.6. The molecular formula is C21H18N2O4. The quantitative estimate of drug-likeness (QED) is 0.555. The Bertz CT molecular complexity index is 1070. The van der Waals surface area contributed by atoms with Crippen molar-refractivity contribution < 1.29 is 18.4 Å². The van der Waals surface area contributed by atoms with Crippen molar-refractivity contribution in [3.63, 3.8) is 0 Å². The number of fused-ring (bicyclic) bond motifs is 1. The average molecular weight is 362 g/mol. The molecule has 136 valence electrons. The topological polar surface area (TPSA) is 77.5 Å². The smallest absolute Gasteiger partial charge is 0.273 e. The van der Waals surface area contributed by atoms with Gasteiger partial charge < -0.3 is 18.9 Å².